The molecule has 3 aliphatic carbocycles. The number of fused-ring (bicyclic) bond motifs is 2. The van der Waals surface area contributed by atoms with Crippen molar-refractivity contribution in [2.75, 3.05) is 6.61 Å². The molecule has 4 heteroatoms. The number of rotatable bonds is 2. The maximum absolute atomic E-state index is 13.0. The number of aliphatic hydroxyl groups is 2. The van der Waals surface area contributed by atoms with Gasteiger partial charge in [-0.2, -0.15) is 0 Å². The molecule has 3 aliphatic rings. The van der Waals surface area contributed by atoms with Crippen molar-refractivity contribution < 1.29 is 19.8 Å². The van der Waals surface area contributed by atoms with Crippen molar-refractivity contribution >= 4 is 11.6 Å². The summed E-state index contributed by atoms with van der Waals surface area (Å²) in [5.41, 5.74) is 0.726. The Labute approximate surface area is 143 Å². The van der Waals surface area contributed by atoms with E-state index in [-0.39, 0.29) is 41.1 Å². The van der Waals surface area contributed by atoms with Gasteiger partial charge in [0.2, 0.25) is 11.6 Å². The third-order valence-electron chi connectivity index (χ3n) is 6.62. The zero-order valence-electron chi connectivity index (χ0n) is 15.3. The van der Waals surface area contributed by atoms with Crippen LogP contribution in [0.15, 0.2) is 22.5 Å². The largest absolute Gasteiger partial charge is 0.507 e. The summed E-state index contributed by atoms with van der Waals surface area (Å²) in [6, 6.07) is 0. The average Bonchev–Trinajstić information content (AvgIpc) is 2.74. The van der Waals surface area contributed by atoms with Gasteiger partial charge in [-0.1, -0.05) is 41.0 Å². The summed E-state index contributed by atoms with van der Waals surface area (Å²) in [5, 5.41) is 21.0. The Morgan fingerprint density at radius 1 is 1.12 bits per heavy atom. The van der Waals surface area contributed by atoms with Crippen molar-refractivity contribution in [2.45, 2.75) is 53.9 Å². The van der Waals surface area contributed by atoms with Crippen LogP contribution in [0.1, 0.15) is 53.9 Å². The second-order valence-electron chi connectivity index (χ2n) is 8.89. The molecule has 0 radical (unpaired) electrons. The zero-order chi connectivity index (χ0) is 18.0. The highest BCUT2D eigenvalue weighted by molar-refractivity contribution is 6.50. The van der Waals surface area contributed by atoms with E-state index < -0.39 is 17.0 Å². The summed E-state index contributed by atoms with van der Waals surface area (Å²) in [6.07, 6.45) is 2.83. The van der Waals surface area contributed by atoms with E-state index in [4.69, 9.17) is 0 Å². The Morgan fingerprint density at radius 3 is 2.29 bits per heavy atom. The van der Waals surface area contributed by atoms with E-state index in [1.54, 1.807) is 0 Å². The summed E-state index contributed by atoms with van der Waals surface area (Å²) in [6.45, 7) is 9.90. The highest BCUT2D eigenvalue weighted by Gasteiger charge is 2.61. The molecule has 0 aromatic carbocycles. The molecule has 1 fully saturated rings. The van der Waals surface area contributed by atoms with Crippen LogP contribution in [0.3, 0.4) is 0 Å². The van der Waals surface area contributed by atoms with Gasteiger partial charge in [-0.15, -0.1) is 0 Å². The SMILES string of the molecule is CC(C)C1=C(O)C2=C(C(=O)C1=O)[C@@]1(C)CCCC(C)(C)[C@@H]1[C@H]2CO. The average molecular weight is 332 g/mol. The highest BCUT2D eigenvalue weighted by atomic mass is 16.3. The Hall–Kier alpha value is -1.42. The molecule has 0 bridgehead atoms. The van der Waals surface area contributed by atoms with Crippen LogP contribution in [0.5, 0.6) is 0 Å². The molecule has 0 aromatic rings. The number of carbonyl (C=O) groups excluding carboxylic acids is 2. The van der Waals surface area contributed by atoms with Crippen LogP contribution in [0.4, 0.5) is 0 Å². The first-order chi connectivity index (χ1) is 11.1. The lowest BCUT2D eigenvalue weighted by atomic mass is 9.54. The standard InChI is InChI=1S/C20H28O4/c1-10(2)12-15(22)13-11(9-21)18-19(3,4)7-6-8-20(18,5)14(13)17(24)16(12)23/h10-11,18,21-22H,6-9H2,1-5H3/t11-,18-,20+/m0/s1. The molecule has 3 atom stereocenters. The molecular formula is C20H28O4. The van der Waals surface area contributed by atoms with Crippen LogP contribution < -0.4 is 0 Å². The van der Waals surface area contributed by atoms with Gasteiger partial charge in [-0.3, -0.25) is 9.59 Å². The monoisotopic (exact) mass is 332 g/mol. The third-order valence-corrected chi connectivity index (χ3v) is 6.62. The summed E-state index contributed by atoms with van der Waals surface area (Å²) in [4.78, 5) is 25.6. The Balaban J connectivity index is 2.29. The fourth-order valence-electron chi connectivity index (χ4n) is 5.91. The summed E-state index contributed by atoms with van der Waals surface area (Å²) in [7, 11) is 0. The molecule has 0 saturated heterocycles. The summed E-state index contributed by atoms with van der Waals surface area (Å²) < 4.78 is 0. The second kappa shape index (κ2) is 5.29. The van der Waals surface area contributed by atoms with Crippen LogP contribution in [-0.4, -0.2) is 28.4 Å². The minimum atomic E-state index is -0.566. The fraction of sp³-hybridized carbons (Fsp3) is 0.700. The molecule has 4 nitrogen and oxygen atoms in total. The molecule has 0 unspecified atom stereocenters. The molecule has 24 heavy (non-hydrogen) atoms. The van der Waals surface area contributed by atoms with E-state index in [0.717, 1.165) is 19.3 Å². The Kier molecular flexibility index (Phi) is 3.83. The number of carbonyl (C=O) groups is 2. The van der Waals surface area contributed by atoms with E-state index in [1.807, 2.05) is 20.8 Å². The van der Waals surface area contributed by atoms with Gasteiger partial charge < -0.3 is 10.2 Å². The highest BCUT2D eigenvalue weighted by Crippen LogP contribution is 2.65. The molecule has 0 amide bonds. The van der Waals surface area contributed by atoms with Crippen molar-refractivity contribution in [3.63, 3.8) is 0 Å². The topological polar surface area (TPSA) is 74.6 Å². The third kappa shape index (κ3) is 2.01. The van der Waals surface area contributed by atoms with Gasteiger partial charge in [-0.25, -0.2) is 0 Å². The molecule has 1 saturated carbocycles. The number of aliphatic hydroxyl groups excluding tert-OH is 2. The Morgan fingerprint density at radius 2 is 1.75 bits per heavy atom. The van der Waals surface area contributed by atoms with Gasteiger partial charge in [0.1, 0.15) is 5.76 Å². The molecule has 0 heterocycles. The lowest BCUT2D eigenvalue weighted by Gasteiger charge is -2.50. The molecule has 0 aromatic heterocycles. The van der Waals surface area contributed by atoms with Crippen molar-refractivity contribution in [3.05, 3.63) is 22.5 Å². The predicted molar refractivity (Wildman–Crippen MR) is 91.3 cm³/mol. The van der Waals surface area contributed by atoms with E-state index in [0.29, 0.717) is 11.1 Å². The number of hydrogen-bond donors (Lipinski definition) is 2. The van der Waals surface area contributed by atoms with Crippen molar-refractivity contribution in [1.29, 1.82) is 0 Å². The first-order valence-corrected chi connectivity index (χ1v) is 8.96. The van der Waals surface area contributed by atoms with Crippen LogP contribution >= 0.6 is 0 Å². The minimum absolute atomic E-state index is 0.0462. The van der Waals surface area contributed by atoms with E-state index >= 15 is 0 Å². The lowest BCUT2D eigenvalue weighted by molar-refractivity contribution is -0.134. The van der Waals surface area contributed by atoms with E-state index in [1.165, 1.54) is 0 Å². The van der Waals surface area contributed by atoms with Crippen molar-refractivity contribution in [3.8, 4) is 0 Å². The molecular weight excluding hydrogens is 304 g/mol. The molecule has 2 N–H and O–H groups in total. The van der Waals surface area contributed by atoms with Gasteiger partial charge in [0, 0.05) is 28.1 Å². The summed E-state index contributed by atoms with van der Waals surface area (Å²) in [5.74, 6) is -1.53. The molecule has 0 aliphatic heterocycles. The molecule has 0 spiro atoms. The normalized spacial score (nSPS) is 35.6. The lowest BCUT2D eigenvalue weighted by Crippen LogP contribution is -2.45. The van der Waals surface area contributed by atoms with Gasteiger partial charge in [0.15, 0.2) is 0 Å². The maximum atomic E-state index is 13.0. The molecule has 3 rings (SSSR count). The first-order valence-electron chi connectivity index (χ1n) is 8.96. The van der Waals surface area contributed by atoms with Crippen molar-refractivity contribution in [2.24, 2.45) is 28.6 Å². The van der Waals surface area contributed by atoms with Crippen LogP contribution in [0.2, 0.25) is 0 Å². The van der Waals surface area contributed by atoms with E-state index in [2.05, 4.69) is 13.8 Å². The number of Topliss-reactive ketones (excluding diaryl/α,β-unsaturated/α-hetero) is 2. The minimum Gasteiger partial charge on any atom is -0.507 e. The molecule has 132 valence electrons. The number of ketones is 2. The van der Waals surface area contributed by atoms with Gasteiger partial charge >= 0.3 is 0 Å². The van der Waals surface area contributed by atoms with Crippen LogP contribution in [0, 0.1) is 28.6 Å². The van der Waals surface area contributed by atoms with Gasteiger partial charge in [0.25, 0.3) is 0 Å². The summed E-state index contributed by atoms with van der Waals surface area (Å²) >= 11 is 0. The quantitative estimate of drug-likeness (QED) is 0.601. The number of allylic oxidation sites excluding steroid dienone is 3. The smallest absolute Gasteiger partial charge is 0.233 e. The van der Waals surface area contributed by atoms with E-state index in [9.17, 15) is 19.8 Å². The first kappa shape index (κ1) is 17.4. The van der Waals surface area contributed by atoms with Crippen LogP contribution in [0.25, 0.3) is 0 Å². The maximum Gasteiger partial charge on any atom is 0.233 e. The Bertz CT molecular complexity index is 680. The fourth-order valence-corrected chi connectivity index (χ4v) is 5.91. The number of hydrogen-bond acceptors (Lipinski definition) is 4. The van der Waals surface area contributed by atoms with Crippen molar-refractivity contribution in [1.82, 2.24) is 0 Å². The predicted octanol–water partition coefficient (Wildman–Crippen LogP) is 3.36. The van der Waals surface area contributed by atoms with Gasteiger partial charge in [0.05, 0.1) is 6.61 Å². The zero-order valence-corrected chi connectivity index (χ0v) is 15.3. The second-order valence-corrected chi connectivity index (χ2v) is 8.89. The van der Waals surface area contributed by atoms with Crippen LogP contribution in [-0.2, 0) is 9.59 Å². The van der Waals surface area contributed by atoms with Gasteiger partial charge in [-0.05, 0) is 30.1 Å².